The number of benzene rings is 1. The van der Waals surface area contributed by atoms with Crippen molar-refractivity contribution in [2.24, 2.45) is 0 Å². The maximum atomic E-state index is 11.9. The second-order valence-corrected chi connectivity index (χ2v) is 3.58. The average Bonchev–Trinajstić information content (AvgIpc) is 2.40. The quantitative estimate of drug-likeness (QED) is 0.834. The van der Waals surface area contributed by atoms with E-state index in [0.29, 0.717) is 16.8 Å². The van der Waals surface area contributed by atoms with Crippen LogP contribution >= 0.6 is 0 Å². The van der Waals surface area contributed by atoms with Gasteiger partial charge in [-0.3, -0.25) is 4.79 Å². The second kappa shape index (κ2) is 4.97. The lowest BCUT2D eigenvalue weighted by Gasteiger charge is -2.06. The number of nitrogens with one attached hydrogen (secondary N) is 1. The molecule has 0 radical (unpaired) electrons. The number of nitrogen functional groups attached to an aromatic ring is 1. The molecule has 0 aliphatic carbocycles. The first kappa shape index (κ1) is 11.6. The molecular weight excluding hydrogens is 228 g/mol. The number of anilines is 2. The van der Waals surface area contributed by atoms with Crippen LogP contribution in [0.15, 0.2) is 42.6 Å². The molecule has 88 valence electrons. The van der Waals surface area contributed by atoms with E-state index in [1.165, 1.54) is 6.20 Å². The Balaban J connectivity index is 2.17. The zero-order valence-electron chi connectivity index (χ0n) is 9.42. The number of pyridine rings is 1. The fourth-order valence-corrected chi connectivity index (χ4v) is 1.44. The fourth-order valence-electron chi connectivity index (χ4n) is 1.44. The molecule has 0 fully saturated rings. The normalized spacial score (nSPS) is 9.50. The van der Waals surface area contributed by atoms with Gasteiger partial charge in [0.25, 0.3) is 5.91 Å². The summed E-state index contributed by atoms with van der Waals surface area (Å²) in [6.45, 7) is 0. The zero-order valence-corrected chi connectivity index (χ0v) is 9.42. The Hall–Kier alpha value is -2.87. The van der Waals surface area contributed by atoms with Crippen molar-refractivity contribution in [1.82, 2.24) is 4.98 Å². The summed E-state index contributed by atoms with van der Waals surface area (Å²) in [5, 5.41) is 11.3. The van der Waals surface area contributed by atoms with Gasteiger partial charge in [0.1, 0.15) is 5.82 Å². The molecule has 18 heavy (non-hydrogen) atoms. The third-order valence-corrected chi connectivity index (χ3v) is 2.36. The third kappa shape index (κ3) is 2.44. The number of carbonyl (C=O) groups is 1. The molecule has 0 aliphatic heterocycles. The smallest absolute Gasteiger partial charge is 0.259 e. The van der Waals surface area contributed by atoms with Crippen LogP contribution in [-0.4, -0.2) is 10.9 Å². The highest BCUT2D eigenvalue weighted by atomic mass is 16.1. The Bertz CT molecular complexity index is 614. The maximum Gasteiger partial charge on any atom is 0.259 e. The number of hydrogen-bond donors (Lipinski definition) is 2. The number of nitriles is 1. The Labute approximate surface area is 104 Å². The van der Waals surface area contributed by atoms with Gasteiger partial charge < -0.3 is 11.1 Å². The van der Waals surface area contributed by atoms with Gasteiger partial charge in [0.05, 0.1) is 17.2 Å². The van der Waals surface area contributed by atoms with Crippen LogP contribution in [0.1, 0.15) is 15.9 Å². The fraction of sp³-hybridized carbons (Fsp3) is 0. The van der Waals surface area contributed by atoms with Gasteiger partial charge in [-0.1, -0.05) is 0 Å². The third-order valence-electron chi connectivity index (χ3n) is 2.36. The molecule has 0 aliphatic rings. The number of carbonyl (C=O) groups excluding carboxylic acids is 1. The number of hydrogen-bond acceptors (Lipinski definition) is 4. The molecule has 5 nitrogen and oxygen atoms in total. The summed E-state index contributed by atoms with van der Waals surface area (Å²) in [4.78, 5) is 15.7. The van der Waals surface area contributed by atoms with E-state index in [0.717, 1.165) is 0 Å². The molecule has 0 spiro atoms. The van der Waals surface area contributed by atoms with Gasteiger partial charge in [-0.05, 0) is 36.4 Å². The predicted molar refractivity (Wildman–Crippen MR) is 67.8 cm³/mol. The van der Waals surface area contributed by atoms with Crippen molar-refractivity contribution in [1.29, 1.82) is 5.26 Å². The summed E-state index contributed by atoms with van der Waals surface area (Å²) in [6, 6.07) is 11.8. The minimum Gasteiger partial charge on any atom is -0.383 e. The van der Waals surface area contributed by atoms with Gasteiger partial charge in [-0.2, -0.15) is 5.26 Å². The van der Waals surface area contributed by atoms with Gasteiger partial charge >= 0.3 is 0 Å². The standard InChI is InChI=1S/C13H10N4O/c14-8-9-3-5-10(6-4-9)17-13(18)11-2-1-7-16-12(11)15/h1-7H,(H2,15,16)(H,17,18). The molecule has 0 atom stereocenters. The van der Waals surface area contributed by atoms with Crippen LogP contribution in [0.4, 0.5) is 11.5 Å². The van der Waals surface area contributed by atoms with E-state index in [9.17, 15) is 4.79 Å². The number of amides is 1. The van der Waals surface area contributed by atoms with Gasteiger partial charge in [0.15, 0.2) is 0 Å². The molecule has 0 unspecified atom stereocenters. The molecule has 2 aromatic rings. The van der Waals surface area contributed by atoms with Crippen LogP contribution in [0.25, 0.3) is 0 Å². The minimum atomic E-state index is -0.328. The average molecular weight is 238 g/mol. The van der Waals surface area contributed by atoms with E-state index < -0.39 is 0 Å². The van der Waals surface area contributed by atoms with Crippen molar-refractivity contribution in [3.05, 3.63) is 53.7 Å². The van der Waals surface area contributed by atoms with Crippen molar-refractivity contribution < 1.29 is 4.79 Å². The van der Waals surface area contributed by atoms with Crippen LogP contribution in [0.2, 0.25) is 0 Å². The van der Waals surface area contributed by atoms with Crippen molar-refractivity contribution in [2.45, 2.75) is 0 Å². The van der Waals surface area contributed by atoms with E-state index in [-0.39, 0.29) is 11.7 Å². The molecular formula is C13H10N4O. The maximum absolute atomic E-state index is 11.9. The van der Waals surface area contributed by atoms with Crippen molar-refractivity contribution >= 4 is 17.4 Å². The Kier molecular flexibility index (Phi) is 3.21. The minimum absolute atomic E-state index is 0.184. The van der Waals surface area contributed by atoms with Crippen molar-refractivity contribution in [3.8, 4) is 6.07 Å². The van der Waals surface area contributed by atoms with Crippen LogP contribution in [-0.2, 0) is 0 Å². The highest BCUT2D eigenvalue weighted by molar-refractivity contribution is 6.07. The summed E-state index contributed by atoms with van der Waals surface area (Å²) in [5.74, 6) is -0.144. The van der Waals surface area contributed by atoms with Crippen molar-refractivity contribution in [3.63, 3.8) is 0 Å². The van der Waals surface area contributed by atoms with Crippen molar-refractivity contribution in [2.75, 3.05) is 11.1 Å². The molecule has 0 saturated carbocycles. The summed E-state index contributed by atoms with van der Waals surface area (Å²) in [5.41, 5.74) is 7.06. The summed E-state index contributed by atoms with van der Waals surface area (Å²) in [7, 11) is 0. The number of rotatable bonds is 2. The molecule has 5 heteroatoms. The molecule has 1 heterocycles. The van der Waals surface area contributed by atoms with Crippen LogP contribution < -0.4 is 11.1 Å². The summed E-state index contributed by atoms with van der Waals surface area (Å²) in [6.07, 6.45) is 1.52. The number of aromatic nitrogens is 1. The predicted octanol–water partition coefficient (Wildman–Crippen LogP) is 1.79. The van der Waals surface area contributed by atoms with E-state index in [1.54, 1.807) is 36.4 Å². The largest absolute Gasteiger partial charge is 0.383 e. The summed E-state index contributed by atoms with van der Waals surface area (Å²) >= 11 is 0. The second-order valence-electron chi connectivity index (χ2n) is 3.58. The molecule has 1 amide bonds. The monoisotopic (exact) mass is 238 g/mol. The Morgan fingerprint density at radius 2 is 2.00 bits per heavy atom. The molecule has 0 bridgehead atoms. The van der Waals surface area contributed by atoms with E-state index in [4.69, 9.17) is 11.0 Å². The van der Waals surface area contributed by atoms with E-state index in [2.05, 4.69) is 10.3 Å². The molecule has 1 aromatic carbocycles. The zero-order chi connectivity index (χ0) is 13.0. The lowest BCUT2D eigenvalue weighted by atomic mass is 10.2. The van der Waals surface area contributed by atoms with Crippen LogP contribution in [0.5, 0.6) is 0 Å². The van der Waals surface area contributed by atoms with Crippen LogP contribution in [0.3, 0.4) is 0 Å². The first-order chi connectivity index (χ1) is 8.70. The Morgan fingerprint density at radius 3 is 2.61 bits per heavy atom. The van der Waals surface area contributed by atoms with E-state index >= 15 is 0 Å². The topological polar surface area (TPSA) is 91.8 Å². The molecule has 0 saturated heterocycles. The molecule has 1 aromatic heterocycles. The SMILES string of the molecule is N#Cc1ccc(NC(=O)c2cccnc2N)cc1. The van der Waals surface area contributed by atoms with Gasteiger partial charge in [0.2, 0.25) is 0 Å². The number of nitrogens with two attached hydrogens (primary N) is 1. The van der Waals surface area contributed by atoms with Crippen LogP contribution in [0, 0.1) is 11.3 Å². The summed E-state index contributed by atoms with van der Waals surface area (Å²) < 4.78 is 0. The number of nitrogens with zero attached hydrogens (tertiary/aromatic N) is 2. The van der Waals surface area contributed by atoms with Gasteiger partial charge in [-0.15, -0.1) is 0 Å². The lowest BCUT2D eigenvalue weighted by Crippen LogP contribution is -2.14. The van der Waals surface area contributed by atoms with Gasteiger partial charge in [-0.25, -0.2) is 4.98 Å². The van der Waals surface area contributed by atoms with Gasteiger partial charge in [0, 0.05) is 11.9 Å². The first-order valence-electron chi connectivity index (χ1n) is 5.22. The molecule has 3 N–H and O–H groups in total. The highest BCUT2D eigenvalue weighted by Gasteiger charge is 2.09. The lowest BCUT2D eigenvalue weighted by molar-refractivity contribution is 0.102. The van der Waals surface area contributed by atoms with E-state index in [1.807, 2.05) is 6.07 Å². The highest BCUT2D eigenvalue weighted by Crippen LogP contribution is 2.13. The first-order valence-corrected chi connectivity index (χ1v) is 5.22. The molecule has 2 rings (SSSR count). The Morgan fingerprint density at radius 1 is 1.28 bits per heavy atom.